The standard InChI is InChI=1S/C30H32N4O4/c1-21-10-8-9-13-25(21)37-28-26(23-14-15-31-20-24(23)34(28)22-11-6-5-7-12-22)27(35)32-16-18-33(19-17-32)29(36)38-30(2,3)4/h5-15,20H,16-19H2,1-4H3. The Labute approximate surface area is 222 Å². The van der Waals surface area contributed by atoms with Gasteiger partial charge in [-0.2, -0.15) is 0 Å². The lowest BCUT2D eigenvalue weighted by molar-refractivity contribution is 0.0140. The Morgan fingerprint density at radius 2 is 1.53 bits per heavy atom. The average molecular weight is 513 g/mol. The van der Waals surface area contributed by atoms with Crippen molar-refractivity contribution in [2.24, 2.45) is 0 Å². The molecule has 8 heteroatoms. The molecule has 8 nitrogen and oxygen atoms in total. The molecule has 38 heavy (non-hydrogen) atoms. The second kappa shape index (κ2) is 10.2. The summed E-state index contributed by atoms with van der Waals surface area (Å²) in [6, 6.07) is 19.4. The van der Waals surface area contributed by atoms with E-state index in [1.54, 1.807) is 22.2 Å². The predicted octanol–water partition coefficient (Wildman–Crippen LogP) is 5.82. The number of piperazine rings is 1. The third-order valence-electron chi connectivity index (χ3n) is 6.47. The summed E-state index contributed by atoms with van der Waals surface area (Å²) in [5.41, 5.74) is 2.50. The molecule has 0 spiro atoms. The number of hydrogen-bond acceptors (Lipinski definition) is 5. The zero-order valence-electron chi connectivity index (χ0n) is 22.2. The molecular weight excluding hydrogens is 480 g/mol. The van der Waals surface area contributed by atoms with Gasteiger partial charge in [0.2, 0.25) is 5.88 Å². The number of para-hydroxylation sites is 2. The summed E-state index contributed by atoms with van der Waals surface area (Å²) in [7, 11) is 0. The summed E-state index contributed by atoms with van der Waals surface area (Å²) < 4.78 is 14.0. The van der Waals surface area contributed by atoms with E-state index >= 15 is 0 Å². The van der Waals surface area contributed by atoms with E-state index in [1.165, 1.54) is 0 Å². The fraction of sp³-hybridized carbons (Fsp3) is 0.300. The number of rotatable bonds is 4. The molecule has 196 valence electrons. The molecule has 1 aliphatic heterocycles. The molecule has 1 aliphatic rings. The summed E-state index contributed by atoms with van der Waals surface area (Å²) in [6.45, 7) is 9.09. The first-order valence-corrected chi connectivity index (χ1v) is 12.8. The van der Waals surface area contributed by atoms with E-state index in [-0.39, 0.29) is 12.0 Å². The van der Waals surface area contributed by atoms with Crippen LogP contribution in [0.5, 0.6) is 11.6 Å². The van der Waals surface area contributed by atoms with Crippen LogP contribution in [0, 0.1) is 6.92 Å². The third kappa shape index (κ3) is 5.07. The molecule has 0 bridgehead atoms. The van der Waals surface area contributed by atoms with E-state index in [0.29, 0.717) is 43.4 Å². The van der Waals surface area contributed by atoms with Gasteiger partial charge in [0.25, 0.3) is 5.91 Å². The number of benzene rings is 2. The molecule has 0 atom stereocenters. The van der Waals surface area contributed by atoms with Gasteiger partial charge in [0.05, 0.1) is 11.7 Å². The Hall–Kier alpha value is -4.33. The Morgan fingerprint density at radius 3 is 2.21 bits per heavy atom. The van der Waals surface area contributed by atoms with Crippen molar-refractivity contribution in [2.45, 2.75) is 33.3 Å². The van der Waals surface area contributed by atoms with Gasteiger partial charge < -0.3 is 19.3 Å². The van der Waals surface area contributed by atoms with Crippen molar-refractivity contribution >= 4 is 22.9 Å². The average Bonchev–Trinajstić information content (AvgIpc) is 3.23. The van der Waals surface area contributed by atoms with Crippen LogP contribution in [0.15, 0.2) is 73.1 Å². The quantitative estimate of drug-likeness (QED) is 0.344. The number of aromatic nitrogens is 2. The third-order valence-corrected chi connectivity index (χ3v) is 6.47. The van der Waals surface area contributed by atoms with Gasteiger partial charge in [-0.3, -0.25) is 14.3 Å². The summed E-state index contributed by atoms with van der Waals surface area (Å²) in [5.74, 6) is 0.959. The van der Waals surface area contributed by atoms with Gasteiger partial charge >= 0.3 is 6.09 Å². The maximum Gasteiger partial charge on any atom is 0.410 e. The predicted molar refractivity (Wildman–Crippen MR) is 146 cm³/mol. The highest BCUT2D eigenvalue weighted by atomic mass is 16.6. The van der Waals surface area contributed by atoms with Gasteiger partial charge in [-0.15, -0.1) is 0 Å². The minimum Gasteiger partial charge on any atom is -0.444 e. The van der Waals surface area contributed by atoms with Gasteiger partial charge in [0.1, 0.15) is 16.9 Å². The van der Waals surface area contributed by atoms with Crippen molar-refractivity contribution in [3.8, 4) is 17.3 Å². The lowest BCUT2D eigenvalue weighted by atomic mass is 10.1. The normalized spacial score (nSPS) is 14.0. The van der Waals surface area contributed by atoms with Crippen molar-refractivity contribution in [1.82, 2.24) is 19.4 Å². The molecule has 0 aliphatic carbocycles. The van der Waals surface area contributed by atoms with Gasteiger partial charge in [0.15, 0.2) is 0 Å². The molecule has 0 radical (unpaired) electrons. The first-order chi connectivity index (χ1) is 18.2. The summed E-state index contributed by atoms with van der Waals surface area (Å²) in [5, 5.41) is 0.756. The van der Waals surface area contributed by atoms with Crippen molar-refractivity contribution < 1.29 is 19.1 Å². The van der Waals surface area contributed by atoms with Crippen LogP contribution in [0.2, 0.25) is 0 Å². The van der Waals surface area contributed by atoms with Crippen LogP contribution in [0.3, 0.4) is 0 Å². The van der Waals surface area contributed by atoms with Crippen LogP contribution in [-0.4, -0.2) is 63.1 Å². The topological polar surface area (TPSA) is 76.9 Å². The highest BCUT2D eigenvalue weighted by Gasteiger charge is 2.33. The highest BCUT2D eigenvalue weighted by Crippen LogP contribution is 2.39. The summed E-state index contributed by atoms with van der Waals surface area (Å²) in [4.78, 5) is 34.5. The Balaban J connectivity index is 1.54. The van der Waals surface area contributed by atoms with E-state index in [4.69, 9.17) is 9.47 Å². The number of hydrogen-bond donors (Lipinski definition) is 0. The van der Waals surface area contributed by atoms with E-state index in [2.05, 4.69) is 4.98 Å². The maximum atomic E-state index is 14.1. The highest BCUT2D eigenvalue weighted by molar-refractivity contribution is 6.10. The number of nitrogens with zero attached hydrogens (tertiary/aromatic N) is 4. The number of amides is 2. The molecular formula is C30H32N4O4. The van der Waals surface area contributed by atoms with E-state index < -0.39 is 5.60 Å². The van der Waals surface area contributed by atoms with Gasteiger partial charge in [-0.25, -0.2) is 4.79 Å². The molecule has 5 rings (SSSR count). The molecule has 0 N–H and O–H groups in total. The van der Waals surface area contributed by atoms with E-state index in [9.17, 15) is 9.59 Å². The fourth-order valence-corrected chi connectivity index (χ4v) is 4.60. The number of aryl methyl sites for hydroxylation is 1. The zero-order valence-corrected chi connectivity index (χ0v) is 22.2. The van der Waals surface area contributed by atoms with Gasteiger partial charge in [-0.05, 0) is 57.5 Å². The molecule has 0 saturated carbocycles. The molecule has 2 amide bonds. The van der Waals surface area contributed by atoms with Gasteiger partial charge in [0, 0.05) is 43.4 Å². The number of fused-ring (bicyclic) bond motifs is 1. The Kier molecular flexibility index (Phi) is 6.80. The SMILES string of the molecule is Cc1ccccc1Oc1c(C(=O)N2CCN(C(=O)OC(C)(C)C)CC2)c2ccncc2n1-c1ccccc1. The van der Waals surface area contributed by atoms with Crippen LogP contribution in [0.4, 0.5) is 4.79 Å². The number of carbonyl (C=O) groups excluding carboxylic acids is 2. The first kappa shape index (κ1) is 25.3. The molecule has 2 aromatic heterocycles. The lowest BCUT2D eigenvalue weighted by Gasteiger charge is -2.35. The second-order valence-electron chi connectivity index (χ2n) is 10.4. The minimum atomic E-state index is -0.570. The molecule has 4 aromatic rings. The van der Waals surface area contributed by atoms with Crippen LogP contribution in [0.25, 0.3) is 16.6 Å². The minimum absolute atomic E-state index is 0.150. The first-order valence-electron chi connectivity index (χ1n) is 12.8. The molecule has 1 saturated heterocycles. The van der Waals surface area contributed by atoms with Crippen molar-refractivity contribution in [3.05, 3.63) is 84.2 Å². The molecule has 1 fully saturated rings. The number of pyridine rings is 1. The smallest absolute Gasteiger partial charge is 0.410 e. The van der Waals surface area contributed by atoms with Crippen molar-refractivity contribution in [3.63, 3.8) is 0 Å². The monoisotopic (exact) mass is 512 g/mol. The van der Waals surface area contributed by atoms with Crippen LogP contribution in [0.1, 0.15) is 36.7 Å². The molecule has 2 aromatic carbocycles. The Bertz CT molecular complexity index is 1460. The second-order valence-corrected chi connectivity index (χ2v) is 10.4. The van der Waals surface area contributed by atoms with Crippen LogP contribution in [-0.2, 0) is 4.74 Å². The molecule has 3 heterocycles. The molecule has 0 unspecified atom stereocenters. The van der Waals surface area contributed by atoms with E-state index in [1.807, 2.05) is 92.9 Å². The van der Waals surface area contributed by atoms with Crippen LogP contribution < -0.4 is 4.74 Å². The van der Waals surface area contributed by atoms with Gasteiger partial charge in [-0.1, -0.05) is 36.4 Å². The Morgan fingerprint density at radius 1 is 0.868 bits per heavy atom. The fourth-order valence-electron chi connectivity index (χ4n) is 4.60. The summed E-state index contributed by atoms with van der Waals surface area (Å²) in [6.07, 6.45) is 3.08. The maximum absolute atomic E-state index is 14.1. The lowest BCUT2D eigenvalue weighted by Crippen LogP contribution is -2.51. The van der Waals surface area contributed by atoms with Crippen LogP contribution >= 0.6 is 0 Å². The zero-order chi connectivity index (χ0) is 26.9. The number of ether oxygens (including phenoxy) is 2. The van der Waals surface area contributed by atoms with Crippen molar-refractivity contribution in [1.29, 1.82) is 0 Å². The van der Waals surface area contributed by atoms with Crippen molar-refractivity contribution in [2.75, 3.05) is 26.2 Å². The van der Waals surface area contributed by atoms with E-state index in [0.717, 1.165) is 22.2 Å². The summed E-state index contributed by atoms with van der Waals surface area (Å²) >= 11 is 0. The largest absolute Gasteiger partial charge is 0.444 e. The number of carbonyl (C=O) groups is 2.